The first-order valence-corrected chi connectivity index (χ1v) is 10.5. The Morgan fingerprint density at radius 2 is 1.81 bits per heavy atom. The molecule has 146 valence electrons. The van der Waals surface area contributed by atoms with Gasteiger partial charge in [0.25, 0.3) is 5.91 Å². The van der Waals surface area contributed by atoms with E-state index in [0.717, 1.165) is 0 Å². The van der Waals surface area contributed by atoms with Crippen molar-refractivity contribution >= 4 is 49.4 Å². The summed E-state index contributed by atoms with van der Waals surface area (Å²) in [6.07, 6.45) is 0. The Kier molecular flexibility index (Phi) is 8.52. The zero-order valence-electron chi connectivity index (χ0n) is 15.0. The molecule has 0 unspecified atom stereocenters. The van der Waals surface area contributed by atoms with E-state index in [9.17, 15) is 18.0 Å². The number of amides is 1. The Labute approximate surface area is 167 Å². The molecule has 7 nitrogen and oxygen atoms in total. The Balaban J connectivity index is 2.62. The highest BCUT2D eigenvalue weighted by Crippen LogP contribution is 2.24. The highest BCUT2D eigenvalue weighted by molar-refractivity contribution is 9.10. The highest BCUT2D eigenvalue weighted by Gasteiger charge is 2.23. The van der Waals surface area contributed by atoms with Crippen molar-refractivity contribution in [3.05, 3.63) is 27.7 Å². The maximum atomic E-state index is 12.2. The van der Waals surface area contributed by atoms with Crippen LogP contribution in [0.2, 0.25) is 5.02 Å². The van der Waals surface area contributed by atoms with E-state index in [1.54, 1.807) is 4.90 Å². The first-order valence-electron chi connectivity index (χ1n) is 7.87. The number of nitrogens with one attached hydrogen (secondary N) is 1. The van der Waals surface area contributed by atoms with E-state index in [2.05, 4.69) is 20.7 Å². The van der Waals surface area contributed by atoms with E-state index in [4.69, 9.17) is 16.3 Å². The Morgan fingerprint density at radius 3 is 2.31 bits per heavy atom. The van der Waals surface area contributed by atoms with Crippen molar-refractivity contribution in [3.8, 4) is 0 Å². The monoisotopic (exact) mass is 468 g/mol. The predicted molar refractivity (Wildman–Crippen MR) is 102 cm³/mol. The van der Waals surface area contributed by atoms with Gasteiger partial charge >= 0.3 is 5.97 Å². The minimum absolute atomic E-state index is 0.0138. The summed E-state index contributed by atoms with van der Waals surface area (Å²) < 4.78 is 32.0. The molecule has 0 aliphatic heterocycles. The molecule has 1 amide bonds. The summed E-state index contributed by atoms with van der Waals surface area (Å²) in [7, 11) is -3.98. The number of rotatable bonds is 8. The van der Waals surface area contributed by atoms with Gasteiger partial charge in [-0.1, -0.05) is 27.5 Å². The van der Waals surface area contributed by atoms with E-state index in [-0.39, 0.29) is 27.9 Å². The van der Waals surface area contributed by atoms with Crippen LogP contribution in [0, 0.1) is 0 Å². The maximum Gasteiger partial charge on any atom is 0.321 e. The molecule has 1 aromatic rings. The van der Waals surface area contributed by atoms with Gasteiger partial charge in [0.1, 0.15) is 11.4 Å². The number of halogens is 2. The van der Waals surface area contributed by atoms with Gasteiger partial charge in [-0.2, -0.15) is 4.72 Å². The average molecular weight is 470 g/mol. The van der Waals surface area contributed by atoms with Gasteiger partial charge in [0.05, 0.1) is 5.02 Å². The van der Waals surface area contributed by atoms with Gasteiger partial charge in [-0.3, -0.25) is 9.59 Å². The van der Waals surface area contributed by atoms with Crippen molar-refractivity contribution in [3.63, 3.8) is 0 Å². The number of sulfonamides is 1. The number of ether oxygens (including phenoxy) is 1. The number of hydrogen-bond acceptors (Lipinski definition) is 5. The second-order valence-electron chi connectivity index (χ2n) is 6.05. The summed E-state index contributed by atoms with van der Waals surface area (Å²) in [5.41, 5.74) is 0. The maximum absolute atomic E-state index is 12.2. The van der Waals surface area contributed by atoms with Crippen LogP contribution in [0.4, 0.5) is 0 Å². The van der Waals surface area contributed by atoms with Gasteiger partial charge in [-0.05, 0) is 45.9 Å². The van der Waals surface area contributed by atoms with Gasteiger partial charge < -0.3 is 9.64 Å². The summed E-state index contributed by atoms with van der Waals surface area (Å²) in [4.78, 5) is 25.3. The first-order chi connectivity index (χ1) is 12.0. The van der Waals surface area contributed by atoms with E-state index < -0.39 is 29.1 Å². The summed E-state index contributed by atoms with van der Waals surface area (Å²) in [6.45, 7) is 6.37. The normalized spacial score (nSPS) is 11.7. The van der Waals surface area contributed by atoms with Crippen LogP contribution in [0.5, 0.6) is 0 Å². The molecular weight excluding hydrogens is 448 g/mol. The fourth-order valence-corrected chi connectivity index (χ4v) is 4.37. The Bertz CT molecular complexity index is 760. The second kappa shape index (κ2) is 9.68. The summed E-state index contributed by atoms with van der Waals surface area (Å²) in [6, 6.07) is 4.18. The number of carbonyl (C=O) groups excluding carboxylic acids is 2. The summed E-state index contributed by atoms with van der Waals surface area (Å²) in [5.74, 6) is -1.20. The van der Waals surface area contributed by atoms with Crippen LogP contribution in [0.3, 0.4) is 0 Å². The lowest BCUT2D eigenvalue weighted by atomic mass is 10.2. The Morgan fingerprint density at radius 1 is 1.23 bits per heavy atom. The Hall–Kier alpha value is -1.16. The molecule has 0 aliphatic rings. The van der Waals surface area contributed by atoms with Crippen molar-refractivity contribution < 1.29 is 22.7 Å². The lowest BCUT2D eigenvalue weighted by Gasteiger charge is -2.30. The molecule has 0 bridgehead atoms. The zero-order chi connectivity index (χ0) is 20.1. The van der Waals surface area contributed by atoms with Crippen LogP contribution < -0.4 is 4.72 Å². The molecule has 0 spiro atoms. The van der Waals surface area contributed by atoms with Gasteiger partial charge in [0, 0.05) is 16.6 Å². The highest BCUT2D eigenvalue weighted by atomic mass is 79.9. The average Bonchev–Trinajstić information content (AvgIpc) is 2.49. The lowest BCUT2D eigenvalue weighted by molar-refractivity contribution is -0.152. The third-order valence-electron chi connectivity index (χ3n) is 3.35. The van der Waals surface area contributed by atoms with Gasteiger partial charge in [-0.15, -0.1) is 0 Å². The molecule has 10 heteroatoms. The van der Waals surface area contributed by atoms with Crippen LogP contribution in [0.25, 0.3) is 0 Å². The van der Waals surface area contributed by atoms with Crippen LogP contribution in [-0.2, 0) is 24.3 Å². The molecule has 0 saturated carbocycles. The topological polar surface area (TPSA) is 92.8 Å². The van der Waals surface area contributed by atoms with Crippen molar-refractivity contribution in [1.29, 1.82) is 0 Å². The van der Waals surface area contributed by atoms with Gasteiger partial charge in [-0.25, -0.2) is 8.42 Å². The molecule has 26 heavy (non-hydrogen) atoms. The molecule has 0 radical (unpaired) electrons. The minimum atomic E-state index is -3.98. The molecule has 1 N–H and O–H groups in total. The van der Waals surface area contributed by atoms with Crippen LogP contribution in [0.1, 0.15) is 27.7 Å². The van der Waals surface area contributed by atoms with Crippen molar-refractivity contribution in [2.24, 2.45) is 0 Å². The van der Waals surface area contributed by atoms with Crippen LogP contribution in [-0.4, -0.2) is 50.4 Å². The number of esters is 1. The number of benzene rings is 1. The van der Waals surface area contributed by atoms with Crippen LogP contribution in [0.15, 0.2) is 27.6 Å². The molecule has 1 rings (SSSR count). The lowest BCUT2D eigenvalue weighted by Crippen LogP contribution is -2.44. The summed E-state index contributed by atoms with van der Waals surface area (Å²) >= 11 is 9.09. The quantitative estimate of drug-likeness (QED) is 0.591. The number of nitrogens with zero attached hydrogens (tertiary/aromatic N) is 1. The molecule has 1 aromatic carbocycles. The molecule has 0 atom stereocenters. The third-order valence-corrected chi connectivity index (χ3v) is 5.72. The standard InChI is InChI=1S/C16H22BrClN2O5S/c1-10(2)20(11(3)4)15(21)9-25-16(22)8-19-26(23,24)14-6-5-12(17)7-13(14)18/h5-7,10-11,19H,8-9H2,1-4H3. The van der Waals surface area contributed by atoms with E-state index in [1.807, 2.05) is 27.7 Å². The van der Waals surface area contributed by atoms with E-state index in [1.165, 1.54) is 18.2 Å². The number of carbonyl (C=O) groups is 2. The predicted octanol–water partition coefficient (Wildman–Crippen LogP) is 2.57. The van der Waals surface area contributed by atoms with E-state index in [0.29, 0.717) is 4.47 Å². The zero-order valence-corrected chi connectivity index (χ0v) is 18.1. The minimum Gasteiger partial charge on any atom is -0.455 e. The second-order valence-corrected chi connectivity index (χ2v) is 9.11. The largest absolute Gasteiger partial charge is 0.455 e. The fourth-order valence-electron chi connectivity index (χ4n) is 2.36. The third kappa shape index (κ3) is 6.53. The van der Waals surface area contributed by atoms with Crippen LogP contribution >= 0.6 is 27.5 Å². The number of hydrogen-bond donors (Lipinski definition) is 1. The molecule has 0 saturated heterocycles. The fraction of sp³-hybridized carbons (Fsp3) is 0.500. The molecule has 0 aliphatic carbocycles. The van der Waals surface area contributed by atoms with E-state index >= 15 is 0 Å². The molecule has 0 heterocycles. The van der Waals surface area contributed by atoms with Crippen molar-refractivity contribution in [2.75, 3.05) is 13.2 Å². The molecule has 0 fully saturated rings. The van der Waals surface area contributed by atoms with Crippen molar-refractivity contribution in [1.82, 2.24) is 9.62 Å². The molecule has 0 aromatic heterocycles. The van der Waals surface area contributed by atoms with Gasteiger partial charge in [0.15, 0.2) is 6.61 Å². The van der Waals surface area contributed by atoms with Gasteiger partial charge in [0.2, 0.25) is 10.0 Å². The first kappa shape index (κ1) is 22.9. The summed E-state index contributed by atoms with van der Waals surface area (Å²) in [5, 5.41) is 0.0138. The SMILES string of the molecule is CC(C)N(C(=O)COC(=O)CNS(=O)(=O)c1ccc(Br)cc1Cl)C(C)C. The van der Waals surface area contributed by atoms with Crippen molar-refractivity contribution in [2.45, 2.75) is 44.7 Å². The smallest absolute Gasteiger partial charge is 0.321 e. The molecular formula is C16H22BrClN2O5S.